The van der Waals surface area contributed by atoms with E-state index in [1.807, 2.05) is 30.3 Å². The summed E-state index contributed by atoms with van der Waals surface area (Å²) in [5.41, 5.74) is 0.202. The van der Waals surface area contributed by atoms with Crippen LogP contribution in [-0.2, 0) is 35.1 Å². The van der Waals surface area contributed by atoms with Crippen molar-refractivity contribution in [3.8, 4) is 0 Å². The van der Waals surface area contributed by atoms with Crippen molar-refractivity contribution in [2.45, 2.75) is 84.5 Å². The Balaban J connectivity index is 2.06. The monoisotopic (exact) mass is 478 g/mol. The molecular weight excluding hydrogens is 440 g/mol. The molecule has 0 aliphatic carbocycles. The molecule has 190 valence electrons. The number of carbonyl (C=O) groups is 3. The lowest BCUT2D eigenvalue weighted by molar-refractivity contribution is -0.172. The van der Waals surface area contributed by atoms with Crippen molar-refractivity contribution < 1.29 is 33.3 Å². The molecule has 34 heavy (non-hydrogen) atoms. The van der Waals surface area contributed by atoms with Crippen molar-refractivity contribution in [3.05, 3.63) is 35.9 Å². The van der Waals surface area contributed by atoms with Gasteiger partial charge in [-0.2, -0.15) is 0 Å². The van der Waals surface area contributed by atoms with Gasteiger partial charge in [-0.25, -0.2) is 4.79 Å². The summed E-state index contributed by atoms with van der Waals surface area (Å²) in [6.07, 6.45) is -0.323. The first kappa shape index (κ1) is 27.6. The highest BCUT2D eigenvalue weighted by atomic mass is 16.7. The summed E-state index contributed by atoms with van der Waals surface area (Å²) in [7, 11) is 0. The smallest absolute Gasteiger partial charge is 0.410 e. The molecule has 1 aliphatic heterocycles. The summed E-state index contributed by atoms with van der Waals surface area (Å²) in [5.74, 6) is -0.861. The van der Waals surface area contributed by atoms with Gasteiger partial charge in [0, 0.05) is 19.8 Å². The molecule has 1 heterocycles. The lowest BCUT2D eigenvalue weighted by atomic mass is 10.1. The quantitative estimate of drug-likeness (QED) is 0.384. The van der Waals surface area contributed by atoms with Gasteiger partial charge < -0.3 is 24.3 Å². The third kappa shape index (κ3) is 8.95. The van der Waals surface area contributed by atoms with Crippen molar-refractivity contribution in [1.82, 2.24) is 10.2 Å². The molecule has 0 saturated carbocycles. The number of amides is 2. The Hall–Kier alpha value is -2.65. The van der Waals surface area contributed by atoms with Crippen molar-refractivity contribution in [3.63, 3.8) is 0 Å². The predicted octanol–water partition coefficient (Wildman–Crippen LogP) is 3.40. The van der Waals surface area contributed by atoms with Crippen LogP contribution >= 0.6 is 0 Å². The summed E-state index contributed by atoms with van der Waals surface area (Å²) >= 11 is 0. The normalized spacial score (nSPS) is 16.9. The first-order valence-corrected chi connectivity index (χ1v) is 11.9. The van der Waals surface area contributed by atoms with Gasteiger partial charge in [-0.15, -0.1) is 0 Å². The minimum Gasteiger partial charge on any atom is -0.460 e. The van der Waals surface area contributed by atoms with Gasteiger partial charge in [-0.3, -0.25) is 14.5 Å². The molecule has 1 aromatic carbocycles. The molecule has 1 saturated heterocycles. The molecule has 9 nitrogen and oxygen atoms in total. The van der Waals surface area contributed by atoms with E-state index in [1.165, 1.54) is 4.90 Å². The molecule has 1 aliphatic rings. The average Bonchev–Trinajstić information content (AvgIpc) is 3.26. The van der Waals surface area contributed by atoms with E-state index in [4.69, 9.17) is 18.9 Å². The van der Waals surface area contributed by atoms with Gasteiger partial charge in [0.25, 0.3) is 0 Å². The largest absolute Gasteiger partial charge is 0.460 e. The van der Waals surface area contributed by atoms with Crippen LogP contribution in [0.15, 0.2) is 30.3 Å². The number of nitrogens with zero attached hydrogens (tertiary/aromatic N) is 1. The van der Waals surface area contributed by atoms with Crippen LogP contribution in [0.3, 0.4) is 0 Å². The minimum atomic E-state index is -0.827. The molecule has 9 heteroatoms. The van der Waals surface area contributed by atoms with Crippen LogP contribution in [0.5, 0.6) is 0 Å². The number of hydrogen-bond acceptors (Lipinski definition) is 7. The Labute approximate surface area is 202 Å². The number of esters is 1. The minimum absolute atomic E-state index is 0.126. The van der Waals surface area contributed by atoms with Crippen LogP contribution in [0, 0.1) is 0 Å². The number of carbonyl (C=O) groups excluding carboxylic acids is 3. The summed E-state index contributed by atoms with van der Waals surface area (Å²) in [5, 5.41) is 2.86. The SMILES string of the molecule is CCOC(OCC)C(CC(=O)OC(C)(C)C)NC(=O)C1CCCN1C(=O)OCc1ccccc1. The summed E-state index contributed by atoms with van der Waals surface area (Å²) in [6, 6.07) is 7.88. The Morgan fingerprint density at radius 1 is 1.09 bits per heavy atom. The van der Waals surface area contributed by atoms with Gasteiger partial charge in [0.1, 0.15) is 18.2 Å². The maximum atomic E-state index is 13.2. The zero-order valence-electron chi connectivity index (χ0n) is 20.9. The average molecular weight is 479 g/mol. The maximum absolute atomic E-state index is 13.2. The fourth-order valence-corrected chi connectivity index (χ4v) is 3.73. The first-order valence-electron chi connectivity index (χ1n) is 11.9. The standard InChI is InChI=1S/C25H38N2O7/c1-6-31-23(32-7-2)19(16-21(28)34-25(3,4)5)26-22(29)20-14-11-15-27(20)24(30)33-17-18-12-9-8-10-13-18/h8-10,12-13,19-20,23H,6-7,11,14-17H2,1-5H3,(H,26,29). The predicted molar refractivity (Wildman–Crippen MR) is 126 cm³/mol. The van der Waals surface area contributed by atoms with E-state index in [2.05, 4.69) is 5.32 Å². The van der Waals surface area contributed by atoms with E-state index in [0.717, 1.165) is 5.56 Å². The number of benzene rings is 1. The number of nitrogens with one attached hydrogen (secondary N) is 1. The van der Waals surface area contributed by atoms with Crippen molar-refractivity contribution in [2.24, 2.45) is 0 Å². The maximum Gasteiger partial charge on any atom is 0.410 e. The molecule has 0 bridgehead atoms. The highest BCUT2D eigenvalue weighted by Gasteiger charge is 2.38. The Morgan fingerprint density at radius 2 is 1.74 bits per heavy atom. The molecule has 2 rings (SSSR count). The van der Waals surface area contributed by atoms with E-state index < -0.39 is 36.0 Å². The molecule has 0 spiro atoms. The molecular formula is C25H38N2O7. The second-order valence-corrected chi connectivity index (χ2v) is 9.08. The molecule has 1 fully saturated rings. The van der Waals surface area contributed by atoms with E-state index >= 15 is 0 Å². The molecule has 0 radical (unpaired) electrons. The van der Waals surface area contributed by atoms with E-state index in [-0.39, 0.29) is 18.9 Å². The van der Waals surface area contributed by atoms with Gasteiger partial charge in [0.2, 0.25) is 5.91 Å². The van der Waals surface area contributed by atoms with Crippen LogP contribution in [0.25, 0.3) is 0 Å². The first-order chi connectivity index (χ1) is 16.1. The molecule has 0 aromatic heterocycles. The van der Waals surface area contributed by atoms with Crippen LogP contribution < -0.4 is 5.32 Å². The Kier molecular flexibility index (Phi) is 10.8. The van der Waals surface area contributed by atoms with Gasteiger partial charge in [0.05, 0.1) is 12.5 Å². The summed E-state index contributed by atoms with van der Waals surface area (Å²) in [6.45, 7) is 10.2. The number of ether oxygens (including phenoxy) is 4. The number of rotatable bonds is 11. The van der Waals surface area contributed by atoms with Gasteiger partial charge in [-0.1, -0.05) is 30.3 Å². The Morgan fingerprint density at radius 3 is 2.32 bits per heavy atom. The van der Waals surface area contributed by atoms with E-state index in [9.17, 15) is 14.4 Å². The van der Waals surface area contributed by atoms with E-state index in [1.54, 1.807) is 34.6 Å². The van der Waals surface area contributed by atoms with Gasteiger partial charge >= 0.3 is 12.1 Å². The molecule has 2 unspecified atom stereocenters. The third-order valence-electron chi connectivity index (χ3n) is 5.12. The van der Waals surface area contributed by atoms with Crippen molar-refractivity contribution >= 4 is 18.0 Å². The van der Waals surface area contributed by atoms with Crippen LogP contribution in [0.1, 0.15) is 59.4 Å². The number of hydrogen-bond donors (Lipinski definition) is 1. The highest BCUT2D eigenvalue weighted by molar-refractivity contribution is 5.87. The third-order valence-corrected chi connectivity index (χ3v) is 5.12. The molecule has 2 atom stereocenters. The summed E-state index contributed by atoms with van der Waals surface area (Å²) < 4.78 is 22.2. The lowest BCUT2D eigenvalue weighted by Crippen LogP contribution is -2.53. The second kappa shape index (κ2) is 13.3. The van der Waals surface area contributed by atoms with Crippen molar-refractivity contribution in [2.75, 3.05) is 19.8 Å². The van der Waals surface area contributed by atoms with Crippen LogP contribution in [-0.4, -0.2) is 66.6 Å². The highest BCUT2D eigenvalue weighted by Crippen LogP contribution is 2.20. The van der Waals surface area contributed by atoms with Crippen LogP contribution in [0.4, 0.5) is 4.79 Å². The molecule has 2 amide bonds. The summed E-state index contributed by atoms with van der Waals surface area (Å²) in [4.78, 5) is 39.8. The lowest BCUT2D eigenvalue weighted by Gasteiger charge is -2.30. The topological polar surface area (TPSA) is 103 Å². The Bertz CT molecular complexity index is 788. The van der Waals surface area contributed by atoms with Gasteiger partial charge in [-0.05, 0) is 53.0 Å². The number of likely N-dealkylation sites (tertiary alicyclic amines) is 1. The van der Waals surface area contributed by atoms with Crippen molar-refractivity contribution in [1.29, 1.82) is 0 Å². The van der Waals surface area contributed by atoms with Gasteiger partial charge in [0.15, 0.2) is 6.29 Å². The zero-order valence-corrected chi connectivity index (χ0v) is 20.9. The molecule has 1 aromatic rings. The molecule has 1 N–H and O–H groups in total. The second-order valence-electron chi connectivity index (χ2n) is 9.08. The zero-order chi connectivity index (χ0) is 25.1. The van der Waals surface area contributed by atoms with Crippen LogP contribution in [0.2, 0.25) is 0 Å². The fourth-order valence-electron chi connectivity index (χ4n) is 3.73. The fraction of sp³-hybridized carbons (Fsp3) is 0.640. The van der Waals surface area contributed by atoms with E-state index in [0.29, 0.717) is 32.6 Å².